The van der Waals surface area contributed by atoms with Gasteiger partial charge >= 0.3 is 5.97 Å². The van der Waals surface area contributed by atoms with Gasteiger partial charge in [0.25, 0.3) is 5.91 Å². The first kappa shape index (κ1) is 14.0. The molecule has 1 unspecified atom stereocenters. The van der Waals surface area contributed by atoms with Crippen LogP contribution in [0.4, 0.5) is 0 Å². The van der Waals surface area contributed by atoms with Crippen molar-refractivity contribution in [1.29, 1.82) is 0 Å². The number of aliphatic carboxylic acids is 1. The van der Waals surface area contributed by atoms with E-state index in [9.17, 15) is 9.59 Å². The Morgan fingerprint density at radius 3 is 2.71 bits per heavy atom. The number of aliphatic hydroxyl groups excluding tert-OH is 1. The first-order chi connectivity index (χ1) is 7.91. The number of halogens is 2. The molecule has 0 aliphatic heterocycles. The number of rotatable bonds is 4. The summed E-state index contributed by atoms with van der Waals surface area (Å²) in [6.45, 7) is -0.368. The van der Waals surface area contributed by atoms with E-state index in [-0.39, 0.29) is 12.1 Å². The van der Waals surface area contributed by atoms with Crippen LogP contribution in [0.3, 0.4) is 0 Å². The van der Waals surface area contributed by atoms with Gasteiger partial charge in [-0.05, 0) is 34.1 Å². The first-order valence-corrected chi connectivity index (χ1v) is 5.73. The molecule has 0 aromatic heterocycles. The fourth-order valence-electron chi connectivity index (χ4n) is 1.04. The summed E-state index contributed by atoms with van der Waals surface area (Å²) >= 11 is 8.90. The molecular weight excluding hydrogens is 313 g/mol. The third-order valence-corrected chi connectivity index (χ3v) is 2.84. The van der Waals surface area contributed by atoms with E-state index in [1.165, 1.54) is 6.07 Å². The summed E-state index contributed by atoms with van der Waals surface area (Å²) in [5.41, 5.74) is 0.273. The van der Waals surface area contributed by atoms with Gasteiger partial charge in [-0.15, -0.1) is 0 Å². The highest BCUT2D eigenvalue weighted by Crippen LogP contribution is 2.20. The summed E-state index contributed by atoms with van der Waals surface area (Å²) in [5, 5.41) is 20.1. The summed E-state index contributed by atoms with van der Waals surface area (Å²) in [7, 11) is 0. The van der Waals surface area contributed by atoms with Crippen molar-refractivity contribution in [2.75, 3.05) is 6.54 Å². The number of amides is 1. The molecule has 1 atom stereocenters. The lowest BCUT2D eigenvalue weighted by atomic mass is 10.2. The SMILES string of the molecule is O=C(NCC(O)C(=O)O)c1cc(Cl)ccc1Br. The van der Waals surface area contributed by atoms with Crippen molar-refractivity contribution in [3.8, 4) is 0 Å². The van der Waals surface area contributed by atoms with E-state index in [1.54, 1.807) is 12.1 Å². The molecule has 0 saturated heterocycles. The number of hydrogen-bond acceptors (Lipinski definition) is 3. The highest BCUT2D eigenvalue weighted by molar-refractivity contribution is 9.10. The van der Waals surface area contributed by atoms with Crippen LogP contribution in [-0.2, 0) is 4.79 Å². The molecule has 1 aromatic rings. The van der Waals surface area contributed by atoms with Crippen molar-refractivity contribution in [3.63, 3.8) is 0 Å². The maximum Gasteiger partial charge on any atom is 0.334 e. The second kappa shape index (κ2) is 6.00. The second-order valence-corrected chi connectivity index (χ2v) is 4.48. The molecule has 7 heteroatoms. The minimum Gasteiger partial charge on any atom is -0.479 e. The van der Waals surface area contributed by atoms with Crippen molar-refractivity contribution in [2.45, 2.75) is 6.10 Å². The van der Waals surface area contributed by atoms with E-state index in [2.05, 4.69) is 21.2 Å². The van der Waals surface area contributed by atoms with Crippen molar-refractivity contribution in [1.82, 2.24) is 5.32 Å². The quantitative estimate of drug-likeness (QED) is 0.779. The molecule has 5 nitrogen and oxygen atoms in total. The molecule has 0 spiro atoms. The Morgan fingerprint density at radius 1 is 1.47 bits per heavy atom. The molecule has 92 valence electrons. The Morgan fingerprint density at radius 2 is 2.12 bits per heavy atom. The molecule has 3 N–H and O–H groups in total. The van der Waals surface area contributed by atoms with Gasteiger partial charge in [-0.3, -0.25) is 4.79 Å². The van der Waals surface area contributed by atoms with Crippen LogP contribution >= 0.6 is 27.5 Å². The third kappa shape index (κ3) is 3.99. The molecule has 0 radical (unpaired) electrons. The number of nitrogens with one attached hydrogen (secondary N) is 1. The molecule has 0 fully saturated rings. The summed E-state index contributed by atoms with van der Waals surface area (Å²) in [4.78, 5) is 22.0. The summed E-state index contributed by atoms with van der Waals surface area (Å²) in [5.74, 6) is -1.91. The van der Waals surface area contributed by atoms with Crippen molar-refractivity contribution >= 4 is 39.4 Å². The van der Waals surface area contributed by atoms with E-state index in [1.807, 2.05) is 0 Å². The van der Waals surface area contributed by atoms with E-state index in [4.69, 9.17) is 21.8 Å². The van der Waals surface area contributed by atoms with Gasteiger partial charge in [0.05, 0.1) is 12.1 Å². The molecule has 17 heavy (non-hydrogen) atoms. The van der Waals surface area contributed by atoms with Crippen LogP contribution in [0.25, 0.3) is 0 Å². The predicted octanol–water partition coefficient (Wildman–Crippen LogP) is 1.28. The van der Waals surface area contributed by atoms with Gasteiger partial charge in [0.15, 0.2) is 6.10 Å². The van der Waals surface area contributed by atoms with E-state index >= 15 is 0 Å². The Balaban J connectivity index is 2.70. The summed E-state index contributed by atoms with van der Waals surface area (Å²) < 4.78 is 0.532. The van der Waals surface area contributed by atoms with Gasteiger partial charge < -0.3 is 15.5 Å². The smallest absolute Gasteiger partial charge is 0.334 e. The molecule has 1 aromatic carbocycles. The van der Waals surface area contributed by atoms with Crippen molar-refractivity contribution in [3.05, 3.63) is 33.3 Å². The number of hydrogen-bond donors (Lipinski definition) is 3. The fraction of sp³-hybridized carbons (Fsp3) is 0.200. The minimum absolute atomic E-state index is 0.273. The molecule has 0 aliphatic carbocycles. The molecule has 0 saturated carbocycles. The maximum absolute atomic E-state index is 11.6. The highest BCUT2D eigenvalue weighted by atomic mass is 79.9. The van der Waals surface area contributed by atoms with Crippen LogP contribution in [-0.4, -0.2) is 34.7 Å². The normalized spacial score (nSPS) is 11.9. The van der Waals surface area contributed by atoms with Crippen LogP contribution in [0, 0.1) is 0 Å². The van der Waals surface area contributed by atoms with Gasteiger partial charge in [-0.2, -0.15) is 0 Å². The number of aliphatic hydroxyl groups is 1. The molecule has 1 rings (SSSR count). The van der Waals surface area contributed by atoms with Crippen LogP contribution in [0.2, 0.25) is 5.02 Å². The zero-order valence-corrected chi connectivity index (χ0v) is 10.8. The zero-order chi connectivity index (χ0) is 13.0. The van der Waals surface area contributed by atoms with Crippen LogP contribution in [0.1, 0.15) is 10.4 Å². The lowest BCUT2D eigenvalue weighted by Gasteiger charge is -2.09. The topological polar surface area (TPSA) is 86.6 Å². The first-order valence-electron chi connectivity index (χ1n) is 4.56. The van der Waals surface area contributed by atoms with Gasteiger partial charge in [0, 0.05) is 9.50 Å². The number of carbonyl (C=O) groups is 2. The molecule has 0 heterocycles. The Hall–Kier alpha value is -1.11. The highest BCUT2D eigenvalue weighted by Gasteiger charge is 2.16. The van der Waals surface area contributed by atoms with E-state index in [0.29, 0.717) is 9.50 Å². The van der Waals surface area contributed by atoms with Crippen LogP contribution < -0.4 is 5.32 Å². The van der Waals surface area contributed by atoms with E-state index < -0.39 is 18.0 Å². The Bertz CT molecular complexity index is 452. The summed E-state index contributed by atoms with van der Waals surface area (Å²) in [6, 6.07) is 4.65. The number of carboxylic acids is 1. The Labute approximate surface area is 111 Å². The van der Waals surface area contributed by atoms with Gasteiger partial charge in [0.2, 0.25) is 0 Å². The molecular formula is C10H9BrClNO4. The standard InChI is InChI=1S/C10H9BrClNO4/c11-7-2-1-5(12)3-6(7)9(15)13-4-8(14)10(16)17/h1-3,8,14H,4H2,(H,13,15)(H,16,17). The third-order valence-electron chi connectivity index (χ3n) is 1.91. The molecule has 0 bridgehead atoms. The fourth-order valence-corrected chi connectivity index (χ4v) is 1.64. The second-order valence-electron chi connectivity index (χ2n) is 3.19. The lowest BCUT2D eigenvalue weighted by molar-refractivity contribution is -0.146. The number of carbonyl (C=O) groups excluding carboxylic acids is 1. The van der Waals surface area contributed by atoms with Gasteiger partial charge in [0.1, 0.15) is 0 Å². The number of carboxylic acid groups (broad SMARTS) is 1. The van der Waals surface area contributed by atoms with Gasteiger partial charge in [-0.1, -0.05) is 11.6 Å². The zero-order valence-electron chi connectivity index (χ0n) is 8.48. The molecule has 0 aliphatic rings. The van der Waals surface area contributed by atoms with Crippen molar-refractivity contribution < 1.29 is 19.8 Å². The average molecular weight is 323 g/mol. The van der Waals surface area contributed by atoms with Crippen LogP contribution in [0.5, 0.6) is 0 Å². The van der Waals surface area contributed by atoms with Crippen molar-refractivity contribution in [2.24, 2.45) is 0 Å². The minimum atomic E-state index is -1.63. The average Bonchev–Trinajstić information content (AvgIpc) is 2.28. The Kier molecular flexibility index (Phi) is 4.92. The van der Waals surface area contributed by atoms with Gasteiger partial charge in [-0.25, -0.2) is 4.79 Å². The lowest BCUT2D eigenvalue weighted by Crippen LogP contribution is -2.36. The molecule has 1 amide bonds. The summed E-state index contributed by atoms with van der Waals surface area (Å²) in [6.07, 6.45) is -1.63. The monoisotopic (exact) mass is 321 g/mol. The number of benzene rings is 1. The van der Waals surface area contributed by atoms with E-state index in [0.717, 1.165) is 0 Å². The maximum atomic E-state index is 11.6. The predicted molar refractivity (Wildman–Crippen MR) is 65.1 cm³/mol. The van der Waals surface area contributed by atoms with Crippen LogP contribution in [0.15, 0.2) is 22.7 Å². The largest absolute Gasteiger partial charge is 0.479 e.